The van der Waals surface area contributed by atoms with Crippen molar-refractivity contribution < 1.29 is 28.0 Å². The molecule has 1 aromatic rings. The van der Waals surface area contributed by atoms with Crippen LogP contribution in [0.15, 0.2) is 29.2 Å². The fourth-order valence-electron chi connectivity index (χ4n) is 3.28. The lowest BCUT2D eigenvalue weighted by Crippen LogP contribution is -2.35. The quantitative estimate of drug-likeness (QED) is 0.190. The van der Waals surface area contributed by atoms with Gasteiger partial charge in [0, 0.05) is 0 Å². The largest absolute Gasteiger partial charge is 0.481 e. The minimum atomic E-state index is -4.29. The Morgan fingerprint density at radius 3 is 2.21 bits per heavy atom. The van der Waals surface area contributed by atoms with E-state index in [-0.39, 0.29) is 10.8 Å². The van der Waals surface area contributed by atoms with Gasteiger partial charge in [0.25, 0.3) is 10.1 Å². The molecule has 0 fully saturated rings. The van der Waals surface area contributed by atoms with Crippen LogP contribution in [-0.4, -0.2) is 41.9 Å². The maximum Gasteiger partial charge on any atom is 0.310 e. The molecule has 1 aromatic carbocycles. The van der Waals surface area contributed by atoms with Crippen molar-refractivity contribution >= 4 is 16.1 Å². The Labute approximate surface area is 174 Å². The molecule has 0 amide bonds. The average molecular weight is 430 g/mol. The molecule has 29 heavy (non-hydrogen) atoms. The monoisotopic (exact) mass is 429 g/mol. The Morgan fingerprint density at radius 2 is 1.66 bits per heavy atom. The first-order chi connectivity index (χ1) is 13.7. The van der Waals surface area contributed by atoms with E-state index in [1.54, 1.807) is 0 Å². The van der Waals surface area contributed by atoms with E-state index in [4.69, 9.17) is 4.55 Å². The molecule has 0 radical (unpaired) electrons. The Balaban J connectivity index is 2.39. The fourth-order valence-corrected chi connectivity index (χ4v) is 3.76. The molecule has 0 bridgehead atoms. The fraction of sp³-hybridized carbons (Fsp3) is 0.667. The van der Waals surface area contributed by atoms with Crippen LogP contribution in [0.25, 0.3) is 0 Å². The van der Waals surface area contributed by atoms with Gasteiger partial charge in [-0.2, -0.15) is 8.42 Å². The number of carbonyl (C=O) groups is 1. The molecule has 0 aromatic heterocycles. The lowest BCUT2D eigenvalue weighted by molar-refractivity contribution is -0.139. The third kappa shape index (κ3) is 9.71. The van der Waals surface area contributed by atoms with E-state index in [1.807, 2.05) is 6.92 Å². The van der Waals surface area contributed by atoms with E-state index in [0.29, 0.717) is 24.9 Å². The summed E-state index contributed by atoms with van der Waals surface area (Å²) in [7, 11) is -4.29. The molecule has 0 spiro atoms. The summed E-state index contributed by atoms with van der Waals surface area (Å²) in [6.07, 6.45) is 6.93. The van der Waals surface area contributed by atoms with Crippen LogP contribution >= 0.6 is 0 Å². The molecule has 0 saturated carbocycles. The molecule has 7 nitrogen and oxygen atoms in total. The van der Waals surface area contributed by atoms with E-state index in [2.05, 4.69) is 12.2 Å². The highest BCUT2D eigenvalue weighted by molar-refractivity contribution is 7.85. The topological polar surface area (TPSA) is 124 Å². The molecular weight excluding hydrogens is 394 g/mol. The van der Waals surface area contributed by atoms with Crippen molar-refractivity contribution in [2.45, 2.75) is 82.3 Å². The Morgan fingerprint density at radius 1 is 1.03 bits per heavy atom. The minimum Gasteiger partial charge on any atom is -0.481 e. The van der Waals surface area contributed by atoms with Crippen LogP contribution in [0.4, 0.5) is 0 Å². The number of rotatable bonds is 15. The smallest absolute Gasteiger partial charge is 0.310 e. The zero-order chi connectivity index (χ0) is 21.9. The van der Waals surface area contributed by atoms with Crippen molar-refractivity contribution in [1.82, 2.24) is 5.32 Å². The van der Waals surface area contributed by atoms with Gasteiger partial charge in [0.05, 0.1) is 10.8 Å². The number of unbranched alkanes of at least 4 members (excludes halogenated alkanes) is 4. The van der Waals surface area contributed by atoms with Gasteiger partial charge >= 0.3 is 5.97 Å². The Hall–Kier alpha value is -1.48. The van der Waals surface area contributed by atoms with E-state index < -0.39 is 28.2 Å². The first-order valence-electron chi connectivity index (χ1n) is 10.4. The predicted molar refractivity (Wildman–Crippen MR) is 112 cm³/mol. The summed E-state index contributed by atoms with van der Waals surface area (Å²) in [5, 5.41) is 22.7. The Kier molecular flexibility index (Phi) is 11.4. The summed E-state index contributed by atoms with van der Waals surface area (Å²) in [5.41, 5.74) is 0.499. The first-order valence-corrected chi connectivity index (χ1v) is 11.8. The molecule has 0 aliphatic rings. The van der Waals surface area contributed by atoms with Crippen LogP contribution in [0.2, 0.25) is 0 Å². The van der Waals surface area contributed by atoms with E-state index in [9.17, 15) is 23.4 Å². The van der Waals surface area contributed by atoms with Crippen molar-refractivity contribution in [3.8, 4) is 0 Å². The summed E-state index contributed by atoms with van der Waals surface area (Å²) in [6.45, 7) is 4.80. The highest BCUT2D eigenvalue weighted by Crippen LogP contribution is 2.24. The van der Waals surface area contributed by atoms with Gasteiger partial charge in [-0.15, -0.1) is 0 Å². The van der Waals surface area contributed by atoms with E-state index in [1.165, 1.54) is 43.5 Å². The average Bonchev–Trinajstić information content (AvgIpc) is 2.66. The second-order valence-electron chi connectivity index (χ2n) is 7.66. The summed E-state index contributed by atoms with van der Waals surface area (Å²) < 4.78 is 31.2. The number of benzene rings is 1. The zero-order valence-corrected chi connectivity index (χ0v) is 18.2. The van der Waals surface area contributed by atoms with Crippen LogP contribution < -0.4 is 5.32 Å². The van der Waals surface area contributed by atoms with Crippen molar-refractivity contribution in [2.75, 3.05) is 6.54 Å². The lowest BCUT2D eigenvalue weighted by atomic mass is 9.93. The van der Waals surface area contributed by atoms with Crippen molar-refractivity contribution in [3.05, 3.63) is 29.8 Å². The molecule has 1 rings (SSSR count). The normalized spacial score (nSPS) is 15.0. The van der Waals surface area contributed by atoms with Crippen LogP contribution in [0, 0.1) is 5.92 Å². The van der Waals surface area contributed by atoms with Crippen LogP contribution in [0.1, 0.15) is 76.7 Å². The summed E-state index contributed by atoms with van der Waals surface area (Å²) in [5.74, 6) is -1.54. The minimum absolute atomic E-state index is 0.181. The van der Waals surface area contributed by atoms with E-state index in [0.717, 1.165) is 19.3 Å². The maximum absolute atomic E-state index is 11.6. The highest BCUT2D eigenvalue weighted by Gasteiger charge is 2.20. The van der Waals surface area contributed by atoms with Crippen molar-refractivity contribution in [1.29, 1.82) is 0 Å². The van der Waals surface area contributed by atoms with E-state index >= 15 is 0 Å². The van der Waals surface area contributed by atoms with Gasteiger partial charge in [-0.25, -0.2) is 0 Å². The third-order valence-corrected chi connectivity index (χ3v) is 6.07. The molecule has 166 valence electrons. The van der Waals surface area contributed by atoms with Crippen LogP contribution in [0.5, 0.6) is 0 Å². The van der Waals surface area contributed by atoms with Gasteiger partial charge in [0.1, 0.15) is 6.23 Å². The molecule has 8 heteroatoms. The number of hydrogen-bond donors (Lipinski definition) is 4. The van der Waals surface area contributed by atoms with Crippen LogP contribution in [0.3, 0.4) is 0 Å². The van der Waals surface area contributed by atoms with Gasteiger partial charge < -0.3 is 10.2 Å². The number of carboxylic acid groups (broad SMARTS) is 1. The molecule has 0 aliphatic heterocycles. The molecular formula is C21H35NO6S. The van der Waals surface area contributed by atoms with Crippen molar-refractivity contribution in [2.24, 2.45) is 5.92 Å². The van der Waals surface area contributed by atoms with Gasteiger partial charge in [-0.05, 0) is 49.4 Å². The standard InChI is InChI=1S/C21H35NO6S/c1-3-4-5-6-9-16(2)20(23)22-15-8-7-10-19(21(24)25)17-11-13-18(14-12-17)29(26,27)28/h11-14,16,19-20,22-23H,3-10,15H2,1-2H3,(H,24,25)(H,26,27,28). The molecule has 0 aliphatic carbocycles. The molecule has 3 atom stereocenters. The number of aliphatic hydroxyl groups excluding tert-OH is 1. The van der Waals surface area contributed by atoms with Gasteiger partial charge in [-0.3, -0.25) is 14.7 Å². The molecule has 4 N–H and O–H groups in total. The van der Waals surface area contributed by atoms with Crippen molar-refractivity contribution in [3.63, 3.8) is 0 Å². The number of carboxylic acids is 1. The van der Waals surface area contributed by atoms with Gasteiger partial charge in [0.15, 0.2) is 0 Å². The lowest BCUT2D eigenvalue weighted by Gasteiger charge is -2.20. The second-order valence-corrected chi connectivity index (χ2v) is 9.08. The molecule has 0 heterocycles. The number of aliphatic carboxylic acids is 1. The summed E-state index contributed by atoms with van der Waals surface area (Å²) in [4.78, 5) is 11.3. The number of hydrogen-bond acceptors (Lipinski definition) is 5. The third-order valence-electron chi connectivity index (χ3n) is 5.20. The van der Waals surface area contributed by atoms with Crippen LogP contribution in [-0.2, 0) is 14.9 Å². The predicted octanol–water partition coefficient (Wildman–Crippen LogP) is 3.79. The molecule has 0 saturated heterocycles. The summed E-state index contributed by atoms with van der Waals surface area (Å²) >= 11 is 0. The first kappa shape index (κ1) is 25.6. The highest BCUT2D eigenvalue weighted by atomic mass is 32.2. The number of nitrogens with one attached hydrogen (secondary N) is 1. The second kappa shape index (κ2) is 13.0. The summed E-state index contributed by atoms with van der Waals surface area (Å²) in [6, 6.07) is 5.26. The maximum atomic E-state index is 11.6. The Bertz CT molecular complexity index is 704. The van der Waals surface area contributed by atoms with Gasteiger partial charge in [-0.1, -0.05) is 58.1 Å². The number of aliphatic hydroxyl groups is 1. The van der Waals surface area contributed by atoms with Gasteiger partial charge in [0.2, 0.25) is 0 Å². The molecule has 3 unspecified atom stereocenters. The zero-order valence-electron chi connectivity index (χ0n) is 17.4. The SMILES string of the molecule is CCCCCCC(C)C(O)NCCCCC(C(=O)O)c1ccc(S(=O)(=O)O)cc1.